The van der Waals surface area contributed by atoms with Crippen molar-refractivity contribution in [2.45, 2.75) is 25.8 Å². The number of amides is 1. The van der Waals surface area contributed by atoms with Gasteiger partial charge in [0.25, 0.3) is 5.91 Å². The molecule has 2 aromatic rings. The van der Waals surface area contributed by atoms with Crippen molar-refractivity contribution >= 4 is 16.9 Å². The molecule has 1 aromatic carbocycles. The van der Waals surface area contributed by atoms with Crippen LogP contribution in [-0.2, 0) is 17.7 Å². The zero-order chi connectivity index (χ0) is 13.9. The number of fused-ring (bicyclic) bond motifs is 3. The van der Waals surface area contributed by atoms with Crippen LogP contribution in [0.25, 0.3) is 11.0 Å². The number of benzene rings is 1. The highest BCUT2D eigenvalue weighted by molar-refractivity contribution is 5.97. The number of ether oxygens (including phenoxy) is 1. The van der Waals surface area contributed by atoms with E-state index in [4.69, 9.17) is 4.74 Å². The lowest BCUT2D eigenvalue weighted by Crippen LogP contribution is -2.26. The second-order valence-electron chi connectivity index (χ2n) is 5.09. The van der Waals surface area contributed by atoms with Gasteiger partial charge in [-0.05, 0) is 31.0 Å². The fraction of sp³-hybridized carbons (Fsp3) is 0.467. The van der Waals surface area contributed by atoms with Crippen LogP contribution in [0.1, 0.15) is 29.0 Å². The quantitative estimate of drug-likeness (QED) is 0.863. The Kier molecular flexibility index (Phi) is 3.69. The van der Waals surface area contributed by atoms with Crippen LogP contribution < -0.4 is 5.32 Å². The van der Waals surface area contributed by atoms with Crippen molar-refractivity contribution in [3.8, 4) is 0 Å². The van der Waals surface area contributed by atoms with Crippen LogP contribution in [0.5, 0.6) is 0 Å². The maximum atomic E-state index is 12.0. The number of nitrogens with one attached hydrogen (secondary N) is 1. The van der Waals surface area contributed by atoms with Gasteiger partial charge in [-0.2, -0.15) is 0 Å². The topological polar surface area (TPSA) is 56.1 Å². The van der Waals surface area contributed by atoms with Crippen LogP contribution in [0.3, 0.4) is 0 Å². The van der Waals surface area contributed by atoms with E-state index in [0.717, 1.165) is 29.8 Å². The molecular weight excluding hydrogens is 254 g/mol. The minimum Gasteiger partial charge on any atom is -0.383 e. The molecule has 2 heterocycles. The summed E-state index contributed by atoms with van der Waals surface area (Å²) < 4.78 is 7.19. The maximum absolute atomic E-state index is 12.0. The number of carbonyl (C=O) groups is 1. The summed E-state index contributed by atoms with van der Waals surface area (Å²) >= 11 is 0. The summed E-state index contributed by atoms with van der Waals surface area (Å²) in [6.07, 6.45) is 3.44. The van der Waals surface area contributed by atoms with Crippen LogP contribution in [0.2, 0.25) is 0 Å². The normalized spacial score (nSPS) is 14.2. The van der Waals surface area contributed by atoms with Gasteiger partial charge < -0.3 is 14.6 Å². The van der Waals surface area contributed by atoms with E-state index in [1.165, 1.54) is 12.8 Å². The molecule has 0 saturated carbocycles. The molecule has 5 heteroatoms. The molecule has 1 N–H and O–H groups in total. The SMILES string of the molecule is COCCNC(=O)c1ccc2c(c1)nc1n2CCCC1. The van der Waals surface area contributed by atoms with Crippen molar-refractivity contribution in [1.29, 1.82) is 0 Å². The highest BCUT2D eigenvalue weighted by Crippen LogP contribution is 2.23. The Labute approximate surface area is 117 Å². The molecular formula is C15H19N3O2. The molecule has 0 aliphatic carbocycles. The minimum atomic E-state index is -0.0741. The predicted octanol–water partition coefficient (Wildman–Crippen LogP) is 1.75. The van der Waals surface area contributed by atoms with E-state index in [-0.39, 0.29) is 5.91 Å². The standard InChI is InChI=1S/C15H19N3O2/c1-20-9-7-16-15(19)11-5-6-13-12(10-11)17-14-4-2-3-8-18(13)14/h5-6,10H,2-4,7-9H2,1H3,(H,16,19). The van der Waals surface area contributed by atoms with Crippen molar-refractivity contribution in [1.82, 2.24) is 14.9 Å². The molecule has 1 aromatic heterocycles. The second kappa shape index (κ2) is 5.63. The third-order valence-corrected chi connectivity index (χ3v) is 3.71. The maximum Gasteiger partial charge on any atom is 0.251 e. The number of carbonyl (C=O) groups excluding carboxylic acids is 1. The van der Waals surface area contributed by atoms with Gasteiger partial charge in [0.1, 0.15) is 5.82 Å². The smallest absolute Gasteiger partial charge is 0.251 e. The monoisotopic (exact) mass is 273 g/mol. The molecule has 0 saturated heterocycles. The van der Waals surface area contributed by atoms with Crippen molar-refractivity contribution in [2.75, 3.05) is 20.3 Å². The van der Waals surface area contributed by atoms with Gasteiger partial charge in [0.05, 0.1) is 17.6 Å². The highest BCUT2D eigenvalue weighted by Gasteiger charge is 2.15. The molecule has 0 unspecified atom stereocenters. The Bertz CT molecular complexity index is 633. The molecule has 1 amide bonds. The van der Waals surface area contributed by atoms with Crippen molar-refractivity contribution in [3.63, 3.8) is 0 Å². The molecule has 20 heavy (non-hydrogen) atoms. The number of hydrogen-bond donors (Lipinski definition) is 1. The molecule has 0 spiro atoms. The predicted molar refractivity (Wildman–Crippen MR) is 76.9 cm³/mol. The second-order valence-corrected chi connectivity index (χ2v) is 5.09. The van der Waals surface area contributed by atoms with Gasteiger partial charge in [-0.3, -0.25) is 4.79 Å². The average molecular weight is 273 g/mol. The Morgan fingerprint density at radius 1 is 1.45 bits per heavy atom. The van der Waals surface area contributed by atoms with Crippen molar-refractivity contribution in [3.05, 3.63) is 29.6 Å². The number of imidazole rings is 1. The third kappa shape index (κ3) is 2.41. The Morgan fingerprint density at radius 3 is 3.20 bits per heavy atom. The summed E-state index contributed by atoms with van der Waals surface area (Å²) in [6.45, 7) is 2.07. The first-order valence-corrected chi connectivity index (χ1v) is 7.06. The number of nitrogens with zero attached hydrogens (tertiary/aromatic N) is 2. The zero-order valence-electron chi connectivity index (χ0n) is 11.7. The summed E-state index contributed by atoms with van der Waals surface area (Å²) in [6, 6.07) is 5.75. The van der Waals surface area contributed by atoms with Crippen LogP contribution in [0.4, 0.5) is 0 Å². The van der Waals surface area contributed by atoms with Gasteiger partial charge in [0, 0.05) is 32.2 Å². The molecule has 0 bridgehead atoms. The highest BCUT2D eigenvalue weighted by atomic mass is 16.5. The van der Waals surface area contributed by atoms with E-state index in [0.29, 0.717) is 18.7 Å². The van der Waals surface area contributed by atoms with Gasteiger partial charge in [-0.15, -0.1) is 0 Å². The van der Waals surface area contributed by atoms with E-state index < -0.39 is 0 Å². The van der Waals surface area contributed by atoms with Gasteiger partial charge in [0.2, 0.25) is 0 Å². The Balaban J connectivity index is 1.85. The van der Waals surface area contributed by atoms with E-state index >= 15 is 0 Å². The molecule has 5 nitrogen and oxygen atoms in total. The summed E-state index contributed by atoms with van der Waals surface area (Å²) in [5.74, 6) is 1.07. The molecule has 0 fully saturated rings. The molecule has 1 aliphatic heterocycles. The van der Waals surface area contributed by atoms with E-state index in [1.807, 2.05) is 18.2 Å². The van der Waals surface area contributed by atoms with E-state index in [1.54, 1.807) is 7.11 Å². The first-order valence-electron chi connectivity index (χ1n) is 7.06. The number of methoxy groups -OCH3 is 1. The van der Waals surface area contributed by atoms with Gasteiger partial charge in [-0.1, -0.05) is 0 Å². The number of hydrogen-bond acceptors (Lipinski definition) is 3. The fourth-order valence-electron chi connectivity index (χ4n) is 2.68. The van der Waals surface area contributed by atoms with Crippen molar-refractivity contribution < 1.29 is 9.53 Å². The van der Waals surface area contributed by atoms with Gasteiger partial charge in [-0.25, -0.2) is 4.98 Å². The fourth-order valence-corrected chi connectivity index (χ4v) is 2.68. The first-order chi connectivity index (χ1) is 9.79. The number of rotatable bonds is 4. The number of aromatic nitrogens is 2. The lowest BCUT2D eigenvalue weighted by atomic mass is 10.1. The Hall–Kier alpha value is -1.88. The molecule has 0 atom stereocenters. The van der Waals surface area contributed by atoms with Gasteiger partial charge in [0.15, 0.2) is 0 Å². The number of aryl methyl sites for hydroxylation is 2. The third-order valence-electron chi connectivity index (χ3n) is 3.71. The first kappa shape index (κ1) is 13.1. The average Bonchev–Trinajstić information content (AvgIpc) is 2.85. The lowest BCUT2D eigenvalue weighted by Gasteiger charge is -2.13. The largest absolute Gasteiger partial charge is 0.383 e. The van der Waals surface area contributed by atoms with Crippen LogP contribution in [0.15, 0.2) is 18.2 Å². The molecule has 0 radical (unpaired) electrons. The van der Waals surface area contributed by atoms with Crippen molar-refractivity contribution in [2.24, 2.45) is 0 Å². The van der Waals surface area contributed by atoms with E-state index in [9.17, 15) is 4.79 Å². The summed E-state index contributed by atoms with van der Waals surface area (Å²) in [5, 5.41) is 2.83. The van der Waals surface area contributed by atoms with Crippen LogP contribution >= 0.6 is 0 Å². The summed E-state index contributed by atoms with van der Waals surface area (Å²) in [4.78, 5) is 16.7. The molecule has 1 aliphatic rings. The lowest BCUT2D eigenvalue weighted by molar-refractivity contribution is 0.0937. The molecule has 106 valence electrons. The zero-order valence-corrected chi connectivity index (χ0v) is 11.7. The summed E-state index contributed by atoms with van der Waals surface area (Å²) in [5.41, 5.74) is 2.71. The Morgan fingerprint density at radius 2 is 2.35 bits per heavy atom. The van der Waals surface area contributed by atoms with E-state index in [2.05, 4.69) is 14.9 Å². The van der Waals surface area contributed by atoms with Gasteiger partial charge >= 0.3 is 0 Å². The molecule has 3 rings (SSSR count). The van der Waals surface area contributed by atoms with Crippen LogP contribution in [-0.4, -0.2) is 35.7 Å². The minimum absolute atomic E-state index is 0.0741. The summed E-state index contributed by atoms with van der Waals surface area (Å²) in [7, 11) is 1.62. The van der Waals surface area contributed by atoms with Crippen LogP contribution in [0, 0.1) is 0 Å².